The monoisotopic (exact) mass is 371 g/mol. The quantitative estimate of drug-likeness (QED) is 0.777. The number of nitrogens with one attached hydrogen (secondary N) is 1. The predicted octanol–water partition coefficient (Wildman–Crippen LogP) is 2.49. The molecule has 2 bridgehead atoms. The van der Waals surface area contributed by atoms with Gasteiger partial charge < -0.3 is 14.8 Å². The first kappa shape index (κ1) is 18.0. The van der Waals surface area contributed by atoms with Gasteiger partial charge in [-0.2, -0.15) is 0 Å². The average molecular weight is 371 g/mol. The summed E-state index contributed by atoms with van der Waals surface area (Å²) in [6, 6.07) is 5.95. The van der Waals surface area contributed by atoms with E-state index in [1.54, 1.807) is 0 Å². The van der Waals surface area contributed by atoms with Crippen molar-refractivity contribution < 1.29 is 23.9 Å². The Morgan fingerprint density at radius 3 is 2.56 bits per heavy atom. The van der Waals surface area contributed by atoms with Crippen LogP contribution in [-0.2, 0) is 36.7 Å². The second-order valence-corrected chi connectivity index (χ2v) is 7.74. The van der Waals surface area contributed by atoms with Gasteiger partial charge in [0.25, 0.3) is 5.91 Å². The fourth-order valence-electron chi connectivity index (χ4n) is 5.14. The fourth-order valence-corrected chi connectivity index (χ4v) is 5.14. The molecule has 3 aliphatic rings. The molecule has 0 unspecified atom stereocenters. The van der Waals surface area contributed by atoms with Crippen molar-refractivity contribution in [3.63, 3.8) is 0 Å². The third-order valence-corrected chi connectivity index (χ3v) is 6.36. The minimum absolute atomic E-state index is 0.0159. The molecule has 27 heavy (non-hydrogen) atoms. The number of aryl methyl sites for hydroxylation is 2. The van der Waals surface area contributed by atoms with E-state index >= 15 is 0 Å². The van der Waals surface area contributed by atoms with E-state index in [4.69, 9.17) is 9.47 Å². The van der Waals surface area contributed by atoms with Crippen LogP contribution in [0.2, 0.25) is 0 Å². The molecule has 1 N–H and O–H groups in total. The summed E-state index contributed by atoms with van der Waals surface area (Å²) < 4.78 is 10.6. The lowest BCUT2D eigenvalue weighted by atomic mass is 9.80. The average Bonchev–Trinajstić information content (AvgIpc) is 3.28. The van der Waals surface area contributed by atoms with Crippen molar-refractivity contribution in [2.75, 3.05) is 11.9 Å². The molecule has 0 aromatic heterocycles. The highest BCUT2D eigenvalue weighted by Gasteiger charge is 2.64. The first-order valence-corrected chi connectivity index (χ1v) is 9.81. The molecule has 1 amide bonds. The molecule has 5 atom stereocenters. The molecule has 0 radical (unpaired) electrons. The number of anilines is 1. The van der Waals surface area contributed by atoms with Crippen molar-refractivity contribution in [2.45, 2.75) is 45.6 Å². The number of fused-ring (bicyclic) bond motifs is 1. The van der Waals surface area contributed by atoms with E-state index in [2.05, 4.69) is 5.32 Å². The Kier molecular flexibility index (Phi) is 4.66. The first-order valence-electron chi connectivity index (χ1n) is 9.81. The van der Waals surface area contributed by atoms with E-state index in [1.807, 2.05) is 32.0 Å². The number of ether oxygens (including phenoxy) is 2. The maximum Gasteiger partial charge on any atom is 0.310 e. The maximum absolute atomic E-state index is 12.6. The van der Waals surface area contributed by atoms with E-state index in [0.717, 1.165) is 42.5 Å². The molecular weight excluding hydrogens is 346 g/mol. The van der Waals surface area contributed by atoms with E-state index in [-0.39, 0.29) is 42.3 Å². The Morgan fingerprint density at radius 1 is 1.19 bits per heavy atom. The van der Waals surface area contributed by atoms with E-state index in [9.17, 15) is 14.4 Å². The van der Waals surface area contributed by atoms with Crippen molar-refractivity contribution in [2.24, 2.45) is 23.7 Å². The Labute approximate surface area is 158 Å². The Bertz CT molecular complexity index is 765. The Morgan fingerprint density at radius 2 is 1.89 bits per heavy atom. The number of carbonyl (C=O) groups excluding carboxylic acids is 3. The molecule has 6 nitrogen and oxygen atoms in total. The molecule has 1 aliphatic heterocycles. The van der Waals surface area contributed by atoms with Crippen molar-refractivity contribution in [3.05, 3.63) is 29.3 Å². The lowest BCUT2D eigenvalue weighted by Gasteiger charge is -2.22. The number of para-hydroxylation sites is 1. The molecule has 0 spiro atoms. The van der Waals surface area contributed by atoms with E-state index in [0.29, 0.717) is 0 Å². The van der Waals surface area contributed by atoms with Gasteiger partial charge in [0.2, 0.25) is 0 Å². The zero-order valence-electron chi connectivity index (χ0n) is 15.7. The summed E-state index contributed by atoms with van der Waals surface area (Å²) in [5.41, 5.74) is 2.93. The molecule has 1 heterocycles. The SMILES string of the molecule is CCc1cccc(CC)c1NC(=O)COC(=O)[C@@H]1[C@@H]2C[C@H]3[C@@H]1C(=O)O[C@@H]3C2. The molecule has 6 heteroatoms. The van der Waals surface area contributed by atoms with E-state index in [1.165, 1.54) is 0 Å². The van der Waals surface area contributed by atoms with Crippen LogP contribution in [0.15, 0.2) is 18.2 Å². The number of esters is 2. The number of carbonyl (C=O) groups is 3. The Hall–Kier alpha value is -2.37. The van der Waals surface area contributed by atoms with Crippen LogP contribution in [0.4, 0.5) is 5.69 Å². The highest BCUT2D eigenvalue weighted by Crippen LogP contribution is 2.57. The highest BCUT2D eigenvalue weighted by molar-refractivity contribution is 5.95. The van der Waals surface area contributed by atoms with Crippen LogP contribution in [0, 0.1) is 23.7 Å². The number of hydrogen-bond donors (Lipinski definition) is 1. The minimum Gasteiger partial charge on any atom is -0.462 e. The van der Waals surface area contributed by atoms with Crippen molar-refractivity contribution in [1.29, 1.82) is 0 Å². The van der Waals surface area contributed by atoms with Gasteiger partial charge in [0.1, 0.15) is 6.10 Å². The van der Waals surface area contributed by atoms with Crippen LogP contribution in [0.25, 0.3) is 0 Å². The van der Waals surface area contributed by atoms with Gasteiger partial charge >= 0.3 is 11.9 Å². The van der Waals surface area contributed by atoms with Crippen LogP contribution in [0.3, 0.4) is 0 Å². The van der Waals surface area contributed by atoms with Gasteiger partial charge in [-0.05, 0) is 42.7 Å². The van der Waals surface area contributed by atoms with Crippen molar-refractivity contribution in [3.8, 4) is 0 Å². The van der Waals surface area contributed by atoms with Gasteiger partial charge in [0.05, 0.1) is 11.8 Å². The van der Waals surface area contributed by atoms with Gasteiger partial charge in [-0.25, -0.2) is 0 Å². The number of rotatable bonds is 6. The maximum atomic E-state index is 12.6. The van der Waals surface area contributed by atoms with Crippen molar-refractivity contribution in [1.82, 2.24) is 0 Å². The van der Waals surface area contributed by atoms with Gasteiger partial charge in [-0.1, -0.05) is 32.0 Å². The highest BCUT2D eigenvalue weighted by atomic mass is 16.6. The van der Waals surface area contributed by atoms with Gasteiger partial charge in [0.15, 0.2) is 6.61 Å². The van der Waals surface area contributed by atoms with Crippen LogP contribution >= 0.6 is 0 Å². The summed E-state index contributed by atoms with van der Waals surface area (Å²) in [6.45, 7) is 3.74. The van der Waals surface area contributed by atoms with Gasteiger partial charge in [-0.3, -0.25) is 14.4 Å². The molecule has 4 rings (SSSR count). The molecule has 1 aromatic rings. The Balaban J connectivity index is 1.38. The zero-order valence-corrected chi connectivity index (χ0v) is 15.7. The third-order valence-electron chi connectivity index (χ3n) is 6.36. The molecular formula is C21H25NO5. The molecule has 2 aliphatic carbocycles. The second kappa shape index (κ2) is 6.98. The normalized spacial score (nSPS) is 30.3. The number of benzene rings is 1. The van der Waals surface area contributed by atoms with Crippen molar-refractivity contribution >= 4 is 23.5 Å². The lowest BCUT2D eigenvalue weighted by molar-refractivity contribution is -0.157. The zero-order chi connectivity index (χ0) is 19.1. The van der Waals surface area contributed by atoms with Crippen LogP contribution in [-0.4, -0.2) is 30.6 Å². The molecule has 1 aromatic carbocycles. The van der Waals surface area contributed by atoms with Crippen LogP contribution in [0.5, 0.6) is 0 Å². The van der Waals surface area contributed by atoms with Gasteiger partial charge in [-0.15, -0.1) is 0 Å². The summed E-state index contributed by atoms with van der Waals surface area (Å²) in [4.78, 5) is 37.0. The van der Waals surface area contributed by atoms with Gasteiger partial charge in [0, 0.05) is 11.6 Å². The largest absolute Gasteiger partial charge is 0.462 e. The molecule has 3 fully saturated rings. The lowest BCUT2D eigenvalue weighted by Crippen LogP contribution is -2.35. The first-order chi connectivity index (χ1) is 13.0. The molecule has 1 saturated heterocycles. The standard InChI is InChI=1S/C21H25NO5/c1-3-11-6-5-7-12(4-2)19(11)22-16(23)10-26-20(24)17-13-8-14-15(9-13)27-21(25)18(14)17/h5-7,13-15,17-18H,3-4,8-10H2,1-2H3,(H,22,23)/t13-,14-,15-,17-,18+/m1/s1. The summed E-state index contributed by atoms with van der Waals surface area (Å²) in [7, 11) is 0. The minimum atomic E-state index is -0.455. The summed E-state index contributed by atoms with van der Waals surface area (Å²) in [5, 5.41) is 2.90. The smallest absolute Gasteiger partial charge is 0.310 e. The topological polar surface area (TPSA) is 81.7 Å². The number of hydrogen-bond acceptors (Lipinski definition) is 5. The summed E-state index contributed by atoms with van der Waals surface area (Å²) >= 11 is 0. The third kappa shape index (κ3) is 3.01. The van der Waals surface area contributed by atoms with Crippen LogP contribution < -0.4 is 5.32 Å². The molecule has 2 saturated carbocycles. The summed E-state index contributed by atoms with van der Waals surface area (Å²) in [6.07, 6.45) is 3.18. The molecule has 144 valence electrons. The number of amides is 1. The summed E-state index contributed by atoms with van der Waals surface area (Å²) in [5.74, 6) is -1.62. The fraction of sp³-hybridized carbons (Fsp3) is 0.571. The second-order valence-electron chi connectivity index (χ2n) is 7.74. The predicted molar refractivity (Wildman–Crippen MR) is 97.9 cm³/mol. The van der Waals surface area contributed by atoms with E-state index < -0.39 is 11.9 Å². The van der Waals surface area contributed by atoms with Crippen LogP contribution in [0.1, 0.15) is 37.8 Å².